The van der Waals surface area contributed by atoms with Gasteiger partial charge in [-0.15, -0.1) is 4.99 Å². The second kappa shape index (κ2) is 10.4. The smallest absolute Gasteiger partial charge is 0.387 e. The Morgan fingerprint density at radius 1 is 1.32 bits per heavy atom. The lowest BCUT2D eigenvalue weighted by Crippen LogP contribution is -2.41. The van der Waals surface area contributed by atoms with Crippen LogP contribution in [0.3, 0.4) is 0 Å². The number of halogens is 4. The minimum Gasteiger partial charge on any atom is -0.435 e. The summed E-state index contributed by atoms with van der Waals surface area (Å²) in [4.78, 5) is 3.81. The average molecular weight is 467 g/mol. The van der Waals surface area contributed by atoms with E-state index in [1.807, 2.05) is 6.92 Å². The van der Waals surface area contributed by atoms with Crippen LogP contribution in [0.4, 0.5) is 14.5 Å². The van der Waals surface area contributed by atoms with E-state index in [0.717, 1.165) is 5.56 Å². The molecule has 2 N–H and O–H groups in total. The molecule has 162 valence electrons. The van der Waals surface area contributed by atoms with Crippen LogP contribution in [0.15, 0.2) is 52.6 Å². The third-order valence-corrected chi connectivity index (χ3v) is 5.03. The van der Waals surface area contributed by atoms with Crippen LogP contribution in [0, 0.1) is 11.5 Å². The number of likely N-dealkylation sites (N-methyl/N-ethyl adjacent to an activating group) is 1. The number of alkyl halides is 2. The fraction of sp³-hybridized carbons (Fsp3) is 0.250. The Bertz CT molecular complexity index is 1040. The lowest BCUT2D eigenvalue weighted by atomic mass is 10.0. The Hall–Kier alpha value is -2.93. The summed E-state index contributed by atoms with van der Waals surface area (Å²) in [7, 11) is 0. The monoisotopic (exact) mass is 466 g/mol. The van der Waals surface area contributed by atoms with Crippen molar-refractivity contribution < 1.29 is 13.5 Å². The van der Waals surface area contributed by atoms with E-state index in [1.165, 1.54) is 17.1 Å². The second-order valence-corrected chi connectivity index (χ2v) is 7.19. The van der Waals surface area contributed by atoms with E-state index in [0.29, 0.717) is 34.5 Å². The first-order chi connectivity index (χ1) is 14.9. The van der Waals surface area contributed by atoms with Crippen LogP contribution in [-0.2, 0) is 0 Å². The van der Waals surface area contributed by atoms with Gasteiger partial charge in [0, 0.05) is 17.3 Å². The van der Waals surface area contributed by atoms with Gasteiger partial charge in [-0.25, -0.2) is 5.01 Å². The number of nitriles is 1. The van der Waals surface area contributed by atoms with E-state index in [1.54, 1.807) is 36.5 Å². The zero-order chi connectivity index (χ0) is 22.4. The van der Waals surface area contributed by atoms with Crippen LogP contribution < -0.4 is 15.4 Å². The van der Waals surface area contributed by atoms with Gasteiger partial charge in [-0.3, -0.25) is 0 Å². The predicted molar refractivity (Wildman–Crippen MR) is 117 cm³/mol. The molecule has 7 nitrogen and oxygen atoms in total. The molecular weight excluding hydrogens is 449 g/mol. The Balaban J connectivity index is 1.89. The molecule has 2 aromatic carbocycles. The minimum atomic E-state index is -2.94. The molecule has 1 aliphatic rings. The number of hydrazone groups is 1. The molecule has 11 heteroatoms. The molecule has 1 aliphatic heterocycles. The second-order valence-electron chi connectivity index (χ2n) is 6.37. The number of guanidine groups is 1. The van der Waals surface area contributed by atoms with Crippen LogP contribution in [0.2, 0.25) is 10.0 Å². The maximum Gasteiger partial charge on any atom is 0.387 e. The van der Waals surface area contributed by atoms with Gasteiger partial charge in [0.05, 0.1) is 28.3 Å². The normalized spacial score (nSPS) is 16.3. The van der Waals surface area contributed by atoms with Crippen molar-refractivity contribution in [1.29, 1.82) is 5.26 Å². The van der Waals surface area contributed by atoms with E-state index >= 15 is 0 Å². The highest BCUT2D eigenvalue weighted by atomic mass is 35.5. The summed E-state index contributed by atoms with van der Waals surface area (Å²) in [6, 6.07) is 11.0. The average Bonchev–Trinajstić information content (AvgIpc) is 3.14. The highest BCUT2D eigenvalue weighted by molar-refractivity contribution is 6.42. The van der Waals surface area contributed by atoms with Gasteiger partial charge in [-0.1, -0.05) is 42.3 Å². The van der Waals surface area contributed by atoms with Gasteiger partial charge in [0.25, 0.3) is 0 Å². The summed E-state index contributed by atoms with van der Waals surface area (Å²) < 4.78 is 29.4. The molecule has 0 spiro atoms. The third kappa shape index (κ3) is 5.82. The first-order valence-corrected chi connectivity index (χ1v) is 10.0. The number of rotatable bonds is 6. The van der Waals surface area contributed by atoms with Gasteiger partial charge in [-0.2, -0.15) is 19.1 Å². The molecule has 1 atom stereocenters. The first-order valence-electron chi connectivity index (χ1n) is 9.24. The van der Waals surface area contributed by atoms with Gasteiger partial charge in [0.1, 0.15) is 5.75 Å². The minimum absolute atomic E-state index is 0.0248. The lowest BCUT2D eigenvalue weighted by molar-refractivity contribution is -0.0498. The summed E-state index contributed by atoms with van der Waals surface area (Å²) in [5, 5.41) is 22.4. The van der Waals surface area contributed by atoms with E-state index in [4.69, 9.17) is 28.5 Å². The highest BCUT2D eigenvalue weighted by Gasteiger charge is 2.30. The van der Waals surface area contributed by atoms with Crippen molar-refractivity contribution in [3.05, 3.63) is 58.1 Å². The van der Waals surface area contributed by atoms with Gasteiger partial charge in [0.2, 0.25) is 12.2 Å². The van der Waals surface area contributed by atoms with Crippen LogP contribution in [0.5, 0.6) is 5.75 Å². The summed E-state index contributed by atoms with van der Waals surface area (Å²) in [5.74, 6) is 0.109. The van der Waals surface area contributed by atoms with Crippen LogP contribution in [0.25, 0.3) is 0 Å². The fourth-order valence-corrected chi connectivity index (χ4v) is 3.33. The topological polar surface area (TPSA) is 85.0 Å². The Labute approximate surface area is 187 Å². The maximum atomic E-state index is 12.5. The number of ether oxygens (including phenoxy) is 1. The molecule has 1 heterocycles. The molecule has 0 aliphatic carbocycles. The molecule has 1 unspecified atom stereocenters. The number of hydrogen-bond donors (Lipinski definition) is 2. The Morgan fingerprint density at radius 2 is 2.13 bits per heavy atom. The number of benzene rings is 2. The largest absolute Gasteiger partial charge is 0.435 e. The molecule has 2 aromatic rings. The third-order valence-electron chi connectivity index (χ3n) is 4.30. The van der Waals surface area contributed by atoms with Crippen molar-refractivity contribution in [1.82, 2.24) is 10.3 Å². The molecule has 0 aromatic heterocycles. The number of anilines is 1. The summed E-state index contributed by atoms with van der Waals surface area (Å²) in [6.45, 7) is 0.0839. The molecule has 0 bridgehead atoms. The molecule has 0 saturated carbocycles. The number of nitrogens with one attached hydrogen (secondary N) is 2. The molecule has 0 amide bonds. The fourth-order valence-electron chi connectivity index (χ4n) is 3.03. The van der Waals surface area contributed by atoms with Crippen molar-refractivity contribution in [3.63, 3.8) is 0 Å². The van der Waals surface area contributed by atoms with Crippen molar-refractivity contribution in [2.75, 3.05) is 18.4 Å². The molecular formula is C20H18Cl2F2N6O. The van der Waals surface area contributed by atoms with E-state index < -0.39 is 6.61 Å². The van der Waals surface area contributed by atoms with Crippen molar-refractivity contribution in [2.45, 2.75) is 19.6 Å². The Morgan fingerprint density at radius 3 is 2.81 bits per heavy atom. The van der Waals surface area contributed by atoms with Crippen molar-refractivity contribution in [3.8, 4) is 11.9 Å². The van der Waals surface area contributed by atoms with Crippen LogP contribution >= 0.6 is 23.2 Å². The lowest BCUT2D eigenvalue weighted by Gasteiger charge is -2.19. The maximum absolute atomic E-state index is 12.5. The summed E-state index contributed by atoms with van der Waals surface area (Å²) in [5.41, 5.74) is 1.87. The molecule has 0 saturated heterocycles. The SMILES string of the molecule is CCNC1CN(/C(=N\C#N)Nc2cccc(OC(F)F)c2)N=C1c1ccc(Cl)c(Cl)c1. The van der Waals surface area contributed by atoms with Gasteiger partial charge >= 0.3 is 6.61 Å². The molecule has 0 fully saturated rings. The van der Waals surface area contributed by atoms with Crippen molar-refractivity contribution >= 4 is 40.6 Å². The van der Waals surface area contributed by atoms with Crippen LogP contribution in [-0.4, -0.2) is 42.4 Å². The van der Waals surface area contributed by atoms with Crippen molar-refractivity contribution in [2.24, 2.45) is 10.1 Å². The van der Waals surface area contributed by atoms with Gasteiger partial charge in [-0.05, 0) is 30.8 Å². The van der Waals surface area contributed by atoms with Gasteiger partial charge in [0.15, 0.2) is 0 Å². The number of hydrogen-bond acceptors (Lipinski definition) is 5. The molecule has 31 heavy (non-hydrogen) atoms. The van der Waals surface area contributed by atoms with E-state index in [2.05, 4.69) is 25.5 Å². The number of nitrogens with zero attached hydrogens (tertiary/aromatic N) is 4. The number of aliphatic imine (C=N–C) groups is 1. The zero-order valence-electron chi connectivity index (χ0n) is 16.3. The quantitative estimate of drug-likeness (QED) is 0.370. The van der Waals surface area contributed by atoms with E-state index in [9.17, 15) is 8.78 Å². The molecule has 0 radical (unpaired) electrons. The standard InChI is InChI=1S/C20H18Cl2F2N6O/c1-2-26-17-10-30(29-18(17)12-6-7-15(21)16(22)8-12)20(27-11-25)28-13-4-3-5-14(9-13)31-19(23)24/h3-9,17,19,26H,2,10H2,1H3,(H,27,28). The van der Waals surface area contributed by atoms with Crippen LogP contribution in [0.1, 0.15) is 12.5 Å². The zero-order valence-corrected chi connectivity index (χ0v) is 17.8. The highest BCUT2D eigenvalue weighted by Crippen LogP contribution is 2.26. The predicted octanol–water partition coefficient (Wildman–Crippen LogP) is 4.54. The molecule has 3 rings (SSSR count). The van der Waals surface area contributed by atoms with Gasteiger partial charge < -0.3 is 15.4 Å². The summed E-state index contributed by atoms with van der Waals surface area (Å²) in [6.07, 6.45) is 1.73. The first kappa shape index (κ1) is 22.7. The summed E-state index contributed by atoms with van der Waals surface area (Å²) >= 11 is 12.2. The van der Waals surface area contributed by atoms with E-state index in [-0.39, 0.29) is 17.8 Å². The Kier molecular flexibility index (Phi) is 7.63.